The summed E-state index contributed by atoms with van der Waals surface area (Å²) in [5.41, 5.74) is 8.48. The number of H-pyrrole nitrogens is 2. The van der Waals surface area contributed by atoms with Crippen molar-refractivity contribution in [2.24, 2.45) is 0 Å². The highest BCUT2D eigenvalue weighted by Gasteiger charge is 2.16. The Balaban J connectivity index is 1.62. The lowest BCUT2D eigenvalue weighted by Crippen LogP contribution is -1.91. The molecular formula is C26H17N5O2. The molecule has 158 valence electrons. The lowest BCUT2D eigenvalue weighted by Gasteiger charge is -2.02. The Morgan fingerprint density at radius 2 is 1.33 bits per heavy atom. The highest BCUT2D eigenvalue weighted by atomic mass is 16.6. The molecule has 0 saturated heterocycles. The van der Waals surface area contributed by atoms with E-state index >= 15 is 0 Å². The number of hydrogen-bond acceptors (Lipinski definition) is 4. The van der Waals surface area contributed by atoms with Crippen LogP contribution in [0.25, 0.3) is 45.9 Å². The Hall–Kier alpha value is -4.78. The van der Waals surface area contributed by atoms with E-state index in [1.165, 1.54) is 6.07 Å². The maximum absolute atomic E-state index is 11.3. The van der Waals surface area contributed by atoms with Gasteiger partial charge in [-0.05, 0) is 72.3 Å². The molecule has 0 amide bonds. The van der Waals surface area contributed by atoms with E-state index < -0.39 is 0 Å². The van der Waals surface area contributed by atoms with Gasteiger partial charge in [-0.3, -0.25) is 10.1 Å². The van der Waals surface area contributed by atoms with Gasteiger partial charge in [-0.1, -0.05) is 12.1 Å². The van der Waals surface area contributed by atoms with Crippen molar-refractivity contribution in [3.05, 3.63) is 111 Å². The van der Waals surface area contributed by atoms with Gasteiger partial charge in [0, 0.05) is 39.8 Å². The fourth-order valence-electron chi connectivity index (χ4n) is 4.03. The molecule has 0 fully saturated rings. The maximum Gasteiger partial charge on any atom is 0.270 e. The third-order valence-electron chi connectivity index (χ3n) is 5.53. The van der Waals surface area contributed by atoms with Gasteiger partial charge in [0.1, 0.15) is 0 Å². The normalized spacial score (nSPS) is 12.5. The van der Waals surface area contributed by atoms with Crippen LogP contribution in [0.1, 0.15) is 28.3 Å². The summed E-state index contributed by atoms with van der Waals surface area (Å²) in [5, 5.41) is 11.3. The summed E-state index contributed by atoms with van der Waals surface area (Å²) >= 11 is 0. The first-order valence-corrected chi connectivity index (χ1v) is 10.4. The van der Waals surface area contributed by atoms with Gasteiger partial charge in [0.15, 0.2) is 0 Å². The summed E-state index contributed by atoms with van der Waals surface area (Å²) < 4.78 is 0. The minimum absolute atomic E-state index is 0.0431. The van der Waals surface area contributed by atoms with E-state index in [9.17, 15) is 10.1 Å². The van der Waals surface area contributed by atoms with Crippen LogP contribution in [0.5, 0.6) is 0 Å². The number of non-ortho nitro benzene ring substituents is 1. The molecule has 2 aliphatic heterocycles. The summed E-state index contributed by atoms with van der Waals surface area (Å²) in [4.78, 5) is 27.2. The number of rotatable bonds is 2. The number of nitrogens with one attached hydrogen (secondary N) is 2. The Bertz CT molecular complexity index is 1660. The van der Waals surface area contributed by atoms with Gasteiger partial charge in [0.2, 0.25) is 0 Å². The number of benzene rings is 1. The minimum atomic E-state index is -0.387. The molecule has 3 aromatic heterocycles. The van der Waals surface area contributed by atoms with E-state index in [0.29, 0.717) is 5.69 Å². The summed E-state index contributed by atoms with van der Waals surface area (Å²) in [7, 11) is 0. The molecular weight excluding hydrogens is 414 g/mol. The number of aromatic amines is 2. The van der Waals surface area contributed by atoms with E-state index in [0.717, 1.165) is 50.3 Å². The molecule has 0 atom stereocenters. The van der Waals surface area contributed by atoms with E-state index in [1.807, 2.05) is 72.8 Å². The monoisotopic (exact) mass is 431 g/mol. The lowest BCUT2D eigenvalue weighted by atomic mass is 10.0. The molecule has 0 spiro atoms. The second kappa shape index (κ2) is 7.42. The zero-order valence-corrected chi connectivity index (χ0v) is 17.3. The average Bonchev–Trinajstić information content (AvgIpc) is 3.59. The molecule has 7 nitrogen and oxygen atoms in total. The number of nitro benzene ring substituents is 1. The van der Waals surface area contributed by atoms with Crippen molar-refractivity contribution in [2.75, 3.05) is 0 Å². The molecule has 7 heteroatoms. The van der Waals surface area contributed by atoms with Crippen LogP contribution in [0.3, 0.4) is 0 Å². The number of fused-ring (bicyclic) bond motifs is 8. The van der Waals surface area contributed by atoms with Crippen molar-refractivity contribution in [2.45, 2.75) is 0 Å². The molecule has 4 aromatic rings. The van der Waals surface area contributed by atoms with Gasteiger partial charge < -0.3 is 9.97 Å². The van der Waals surface area contributed by atoms with Crippen LogP contribution in [0.2, 0.25) is 0 Å². The van der Waals surface area contributed by atoms with Crippen LogP contribution in [0.15, 0.2) is 72.8 Å². The molecule has 6 rings (SSSR count). The van der Waals surface area contributed by atoms with Crippen molar-refractivity contribution in [3.63, 3.8) is 0 Å². The molecule has 5 heterocycles. The van der Waals surface area contributed by atoms with Gasteiger partial charge in [0.25, 0.3) is 5.69 Å². The average molecular weight is 431 g/mol. The quantitative estimate of drug-likeness (QED) is 0.260. The smallest absolute Gasteiger partial charge is 0.270 e. The van der Waals surface area contributed by atoms with Crippen LogP contribution < -0.4 is 0 Å². The standard InChI is InChI=1S/C26H17N5O2/c32-31(33)24-3-1-2-16(10-24)25-14-23-13-21-7-6-19(28-21)11-17-4-5-18(27-17)12-20-8-9-22(29-20)15-26(25)30-23/h1-15,27-28H. The molecule has 2 aliphatic rings. The van der Waals surface area contributed by atoms with Gasteiger partial charge >= 0.3 is 0 Å². The van der Waals surface area contributed by atoms with Crippen molar-refractivity contribution < 1.29 is 4.92 Å². The molecule has 0 radical (unpaired) electrons. The highest BCUT2D eigenvalue weighted by molar-refractivity contribution is 5.93. The van der Waals surface area contributed by atoms with E-state index in [2.05, 4.69) is 9.97 Å². The summed E-state index contributed by atoms with van der Waals surface area (Å²) in [6.07, 6.45) is 5.83. The van der Waals surface area contributed by atoms with E-state index in [1.54, 1.807) is 12.1 Å². The molecule has 0 saturated carbocycles. The van der Waals surface area contributed by atoms with Gasteiger partial charge in [0.05, 0.1) is 27.7 Å². The number of hydrogen-bond donors (Lipinski definition) is 2. The SMILES string of the molecule is O=[N+]([O-])c1cccc(C2=Cc3cc4ccc(cc5ccc(cc6nc(cc2n3)C=C6)[nH]5)[nH]4)c1. The first kappa shape index (κ1) is 18.9. The minimum Gasteiger partial charge on any atom is -0.355 e. The zero-order valence-electron chi connectivity index (χ0n) is 17.3. The summed E-state index contributed by atoms with van der Waals surface area (Å²) in [5.74, 6) is 0. The third kappa shape index (κ3) is 3.72. The third-order valence-corrected chi connectivity index (χ3v) is 5.53. The maximum atomic E-state index is 11.3. The largest absolute Gasteiger partial charge is 0.355 e. The topological polar surface area (TPSA) is 100 Å². The van der Waals surface area contributed by atoms with E-state index in [-0.39, 0.29) is 10.6 Å². The van der Waals surface area contributed by atoms with Crippen LogP contribution >= 0.6 is 0 Å². The van der Waals surface area contributed by atoms with Crippen molar-refractivity contribution >= 4 is 51.6 Å². The van der Waals surface area contributed by atoms with Gasteiger partial charge in [-0.2, -0.15) is 0 Å². The van der Waals surface area contributed by atoms with Crippen LogP contribution in [-0.2, 0) is 0 Å². The zero-order chi connectivity index (χ0) is 22.4. The number of nitrogens with zero attached hydrogens (tertiary/aromatic N) is 3. The fourth-order valence-corrected chi connectivity index (χ4v) is 4.03. The predicted octanol–water partition coefficient (Wildman–Crippen LogP) is 5.98. The molecule has 33 heavy (non-hydrogen) atoms. The Morgan fingerprint density at radius 3 is 2.03 bits per heavy atom. The summed E-state index contributed by atoms with van der Waals surface area (Å²) in [6.45, 7) is 0. The van der Waals surface area contributed by atoms with Crippen molar-refractivity contribution in [3.8, 4) is 0 Å². The second-order valence-electron chi connectivity index (χ2n) is 7.90. The molecule has 0 aliphatic carbocycles. The molecule has 8 bridgehead atoms. The van der Waals surface area contributed by atoms with E-state index in [4.69, 9.17) is 9.97 Å². The summed E-state index contributed by atoms with van der Waals surface area (Å²) in [6, 6.07) is 22.5. The molecule has 1 aromatic carbocycles. The number of aromatic nitrogens is 4. The highest BCUT2D eigenvalue weighted by Crippen LogP contribution is 2.31. The van der Waals surface area contributed by atoms with Crippen LogP contribution in [0, 0.1) is 10.1 Å². The first-order chi connectivity index (χ1) is 16.1. The number of nitro groups is 1. The van der Waals surface area contributed by atoms with Gasteiger partial charge in [-0.15, -0.1) is 0 Å². The predicted molar refractivity (Wildman–Crippen MR) is 130 cm³/mol. The Morgan fingerprint density at radius 1 is 0.697 bits per heavy atom. The Labute approximate surface area is 188 Å². The van der Waals surface area contributed by atoms with Crippen molar-refractivity contribution in [1.29, 1.82) is 0 Å². The van der Waals surface area contributed by atoms with Crippen LogP contribution in [-0.4, -0.2) is 24.9 Å². The molecule has 2 N–H and O–H groups in total. The fraction of sp³-hybridized carbons (Fsp3) is 0. The lowest BCUT2D eigenvalue weighted by molar-refractivity contribution is -0.384. The van der Waals surface area contributed by atoms with Gasteiger partial charge in [-0.25, -0.2) is 9.97 Å². The Kier molecular flexibility index (Phi) is 4.26. The first-order valence-electron chi connectivity index (χ1n) is 10.4. The van der Waals surface area contributed by atoms with Crippen molar-refractivity contribution in [1.82, 2.24) is 19.9 Å². The molecule has 0 unspecified atom stereocenters. The van der Waals surface area contributed by atoms with Crippen LogP contribution in [0.4, 0.5) is 5.69 Å². The second-order valence-corrected chi connectivity index (χ2v) is 7.90.